The van der Waals surface area contributed by atoms with Crippen molar-refractivity contribution in [3.05, 3.63) is 88.1 Å². The van der Waals surface area contributed by atoms with Gasteiger partial charge in [-0.25, -0.2) is 8.42 Å². The summed E-state index contributed by atoms with van der Waals surface area (Å²) in [5.41, 5.74) is 4.15. The Morgan fingerprint density at radius 2 is 1.59 bits per heavy atom. The van der Waals surface area contributed by atoms with Gasteiger partial charge in [0.1, 0.15) is 4.75 Å². The van der Waals surface area contributed by atoms with E-state index in [0.717, 1.165) is 36.4 Å². The van der Waals surface area contributed by atoms with Gasteiger partial charge in [-0.2, -0.15) is 11.3 Å². The van der Waals surface area contributed by atoms with Gasteiger partial charge in [-0.1, -0.05) is 48.5 Å². The fourth-order valence-corrected chi connectivity index (χ4v) is 7.68. The Morgan fingerprint density at radius 1 is 0.862 bits per heavy atom. The zero-order valence-corrected chi connectivity index (χ0v) is 17.8. The number of anilines is 1. The topological polar surface area (TPSA) is 40.6 Å². The number of nitrogens with zero attached hydrogens (tertiary/aromatic N) is 2. The minimum absolute atomic E-state index is 0.389. The molecule has 29 heavy (non-hydrogen) atoms. The number of hydrogen-bond donors (Lipinski definition) is 0. The molecule has 0 radical (unpaired) electrons. The number of sulfonamides is 1. The van der Waals surface area contributed by atoms with Crippen molar-refractivity contribution in [3.8, 4) is 0 Å². The largest absolute Gasteiger partial charge is 0.299 e. The van der Waals surface area contributed by atoms with E-state index >= 15 is 0 Å². The van der Waals surface area contributed by atoms with Gasteiger partial charge in [-0.15, -0.1) is 0 Å². The SMILES string of the molecule is O=S1(=O)N(Cc2ccccc2)c2ccccc2C12CCN(Cc1ccsc1)CC2. The quantitative estimate of drug-likeness (QED) is 0.615. The van der Waals surface area contributed by atoms with Gasteiger partial charge >= 0.3 is 0 Å². The molecule has 2 aliphatic heterocycles. The van der Waals surface area contributed by atoms with Crippen LogP contribution in [0.3, 0.4) is 0 Å². The van der Waals surface area contributed by atoms with E-state index in [4.69, 9.17) is 0 Å². The van der Waals surface area contributed by atoms with Gasteiger partial charge < -0.3 is 0 Å². The summed E-state index contributed by atoms with van der Waals surface area (Å²) in [6.07, 6.45) is 1.28. The van der Waals surface area contributed by atoms with E-state index in [2.05, 4.69) is 21.7 Å². The first-order valence-electron chi connectivity index (χ1n) is 9.99. The van der Waals surface area contributed by atoms with Crippen LogP contribution in [0.25, 0.3) is 0 Å². The average molecular weight is 425 g/mol. The number of thiophene rings is 1. The molecule has 0 N–H and O–H groups in total. The molecule has 5 rings (SSSR count). The molecular weight excluding hydrogens is 400 g/mol. The maximum absolute atomic E-state index is 13.9. The number of benzene rings is 2. The lowest BCUT2D eigenvalue weighted by Crippen LogP contribution is -2.48. The van der Waals surface area contributed by atoms with E-state index in [9.17, 15) is 8.42 Å². The van der Waals surface area contributed by atoms with E-state index < -0.39 is 14.8 Å². The second-order valence-corrected chi connectivity index (χ2v) is 10.9. The molecule has 1 aromatic heterocycles. The number of rotatable bonds is 4. The summed E-state index contributed by atoms with van der Waals surface area (Å²) in [5.74, 6) is 0. The van der Waals surface area contributed by atoms with Crippen LogP contribution in [0.4, 0.5) is 5.69 Å². The van der Waals surface area contributed by atoms with Crippen LogP contribution in [-0.2, 0) is 27.9 Å². The van der Waals surface area contributed by atoms with Crippen LogP contribution in [0.1, 0.15) is 29.5 Å². The highest BCUT2D eigenvalue weighted by Gasteiger charge is 2.56. The third kappa shape index (κ3) is 3.10. The minimum atomic E-state index is -3.48. The van der Waals surface area contributed by atoms with Gasteiger partial charge in [0.15, 0.2) is 0 Å². The zero-order chi connectivity index (χ0) is 19.9. The van der Waals surface area contributed by atoms with Crippen LogP contribution in [0.2, 0.25) is 0 Å². The summed E-state index contributed by atoms with van der Waals surface area (Å²) in [5, 5.41) is 4.27. The van der Waals surface area contributed by atoms with Crippen molar-refractivity contribution in [1.29, 1.82) is 0 Å². The maximum atomic E-state index is 13.9. The lowest BCUT2D eigenvalue weighted by Gasteiger charge is -2.39. The van der Waals surface area contributed by atoms with E-state index in [1.54, 1.807) is 15.6 Å². The average Bonchev–Trinajstić information content (AvgIpc) is 3.31. The van der Waals surface area contributed by atoms with E-state index in [0.29, 0.717) is 19.4 Å². The van der Waals surface area contributed by atoms with Crippen molar-refractivity contribution in [3.63, 3.8) is 0 Å². The molecule has 1 saturated heterocycles. The van der Waals surface area contributed by atoms with Crippen molar-refractivity contribution in [2.75, 3.05) is 17.4 Å². The van der Waals surface area contributed by atoms with Gasteiger partial charge in [-0.3, -0.25) is 9.21 Å². The Kier molecular flexibility index (Phi) is 4.73. The lowest BCUT2D eigenvalue weighted by atomic mass is 9.87. The summed E-state index contributed by atoms with van der Waals surface area (Å²) in [7, 11) is -3.48. The van der Waals surface area contributed by atoms with Gasteiger partial charge in [0, 0.05) is 19.6 Å². The van der Waals surface area contributed by atoms with Crippen LogP contribution < -0.4 is 4.31 Å². The van der Waals surface area contributed by atoms with Crippen molar-refractivity contribution >= 4 is 27.0 Å². The molecule has 1 fully saturated rings. The Morgan fingerprint density at radius 3 is 2.31 bits per heavy atom. The van der Waals surface area contributed by atoms with Crippen LogP contribution in [0.5, 0.6) is 0 Å². The first kappa shape index (κ1) is 18.9. The molecule has 0 bridgehead atoms. The molecule has 1 spiro atoms. The molecule has 0 unspecified atom stereocenters. The Balaban J connectivity index is 1.46. The molecule has 0 aliphatic carbocycles. The molecule has 150 valence electrons. The molecule has 3 heterocycles. The maximum Gasteiger partial charge on any atom is 0.245 e. The van der Waals surface area contributed by atoms with Gasteiger partial charge in [0.2, 0.25) is 10.0 Å². The normalized spacial score (nSPS) is 20.1. The molecule has 4 nitrogen and oxygen atoms in total. The van der Waals surface area contributed by atoms with Crippen LogP contribution in [0, 0.1) is 0 Å². The van der Waals surface area contributed by atoms with Crippen molar-refractivity contribution in [1.82, 2.24) is 4.90 Å². The van der Waals surface area contributed by atoms with Crippen molar-refractivity contribution in [2.45, 2.75) is 30.7 Å². The molecule has 6 heteroatoms. The number of fused-ring (bicyclic) bond motifs is 2. The van der Waals surface area contributed by atoms with Crippen molar-refractivity contribution in [2.24, 2.45) is 0 Å². The van der Waals surface area contributed by atoms with Crippen LogP contribution in [-0.4, -0.2) is 26.4 Å². The van der Waals surface area contributed by atoms with E-state index in [1.165, 1.54) is 5.56 Å². The monoisotopic (exact) mass is 424 g/mol. The van der Waals surface area contributed by atoms with Crippen LogP contribution >= 0.6 is 11.3 Å². The molecule has 0 amide bonds. The molecule has 0 atom stereocenters. The Hall–Kier alpha value is -2.15. The van der Waals surface area contributed by atoms with E-state index in [1.807, 2.05) is 54.6 Å². The van der Waals surface area contributed by atoms with Gasteiger partial charge in [0.25, 0.3) is 0 Å². The highest BCUT2D eigenvalue weighted by molar-refractivity contribution is 7.94. The van der Waals surface area contributed by atoms with Gasteiger partial charge in [-0.05, 0) is 52.4 Å². The zero-order valence-electron chi connectivity index (χ0n) is 16.2. The molecular formula is C23H24N2O2S2. The molecule has 0 saturated carbocycles. The standard InChI is InChI=1S/C23H24N2O2S2/c26-29(27)23(11-13-24(14-12-23)16-20-10-15-28-18-20)21-8-4-5-9-22(21)25(29)17-19-6-2-1-3-7-19/h1-10,15,18H,11-14,16-17H2. The number of hydrogen-bond acceptors (Lipinski definition) is 4. The molecule has 3 aromatic rings. The predicted molar refractivity (Wildman–Crippen MR) is 118 cm³/mol. The number of likely N-dealkylation sites (tertiary alicyclic amines) is 1. The summed E-state index contributed by atoms with van der Waals surface area (Å²) in [6, 6.07) is 19.9. The second-order valence-electron chi connectivity index (χ2n) is 7.92. The highest BCUT2D eigenvalue weighted by atomic mass is 32.2. The van der Waals surface area contributed by atoms with Gasteiger partial charge in [0.05, 0.1) is 12.2 Å². The molecule has 2 aliphatic rings. The molecule has 2 aromatic carbocycles. The van der Waals surface area contributed by atoms with E-state index in [-0.39, 0.29) is 0 Å². The third-order valence-electron chi connectivity index (χ3n) is 6.27. The first-order chi connectivity index (χ1) is 14.1. The fourth-order valence-electron chi connectivity index (χ4n) is 4.72. The fraction of sp³-hybridized carbons (Fsp3) is 0.304. The van der Waals surface area contributed by atoms with Crippen LogP contribution in [0.15, 0.2) is 71.4 Å². The Labute approximate surface area is 176 Å². The third-order valence-corrected chi connectivity index (χ3v) is 9.52. The Bertz CT molecular complexity index is 1090. The number of piperidine rings is 1. The lowest BCUT2D eigenvalue weighted by molar-refractivity contribution is 0.189. The summed E-state index contributed by atoms with van der Waals surface area (Å²) < 4.78 is 28.6. The first-order valence-corrected chi connectivity index (χ1v) is 12.4. The van der Waals surface area contributed by atoms with Crippen molar-refractivity contribution < 1.29 is 8.42 Å². The smallest absolute Gasteiger partial charge is 0.245 e. The summed E-state index contributed by atoms with van der Waals surface area (Å²) in [4.78, 5) is 2.38. The predicted octanol–water partition coefficient (Wildman–Crippen LogP) is 4.59. The minimum Gasteiger partial charge on any atom is -0.299 e. The number of para-hydroxylation sites is 1. The summed E-state index contributed by atoms with van der Waals surface area (Å²) in [6.45, 7) is 2.88. The second kappa shape index (κ2) is 7.27. The highest BCUT2D eigenvalue weighted by Crippen LogP contribution is 2.53. The summed E-state index contributed by atoms with van der Waals surface area (Å²) >= 11 is 1.71.